The molecule has 0 aliphatic heterocycles. The normalized spacial score (nSPS) is 8.83. The third-order valence-electron chi connectivity index (χ3n) is 1.53. The number of nitrogens with one attached hydrogen (secondary N) is 1. The minimum atomic E-state index is 0. The van der Waals surface area contributed by atoms with Crippen molar-refractivity contribution in [3.8, 4) is 0 Å². The van der Waals surface area contributed by atoms with E-state index in [4.69, 9.17) is 0 Å². The monoisotopic (exact) mass is 276 g/mol. The maximum atomic E-state index is 3.30. The molecule has 61 valence electrons. The summed E-state index contributed by atoms with van der Waals surface area (Å²) in [4.78, 5) is 3.30. The molecule has 0 radical (unpaired) electrons. The molecule has 4 heteroatoms. The Morgan fingerprint density at radius 2 is 1.75 bits per heavy atom. The first-order valence-electron chi connectivity index (χ1n) is 3.15. The van der Waals surface area contributed by atoms with E-state index in [1.54, 1.807) is 0 Å². The average molecular weight is 278 g/mol. The van der Waals surface area contributed by atoms with Crippen LogP contribution in [0.4, 0.5) is 0 Å². The Balaban J connectivity index is 0.000000605. The van der Waals surface area contributed by atoms with Gasteiger partial charge < -0.3 is 24.8 Å². The van der Waals surface area contributed by atoms with Gasteiger partial charge in [-0.05, 0) is 0 Å². The molecule has 0 atom stereocenters. The molecule has 0 amide bonds. The quantitative estimate of drug-likeness (QED) is 0.499. The van der Waals surface area contributed by atoms with Crippen LogP contribution in [0.3, 0.4) is 0 Å². The number of hydrogen-bond acceptors (Lipinski definition) is 0. The van der Waals surface area contributed by atoms with Crippen LogP contribution in [0.25, 0.3) is 10.9 Å². The van der Waals surface area contributed by atoms with E-state index >= 15 is 0 Å². The average Bonchev–Trinajstić information content (AvgIpc) is 2.27. The van der Waals surface area contributed by atoms with Gasteiger partial charge in [-0.1, -0.05) is 0 Å². The number of hydrogen-bond donors (Lipinski definition) is 1. The fourth-order valence-electron chi connectivity index (χ4n) is 1.07. The first-order chi connectivity index (χ1) is 4.86. The molecule has 1 nitrogen and oxygen atoms in total. The van der Waals surface area contributed by atoms with Crippen molar-refractivity contribution in [2.45, 2.75) is 0 Å². The fourth-order valence-corrected chi connectivity index (χ4v) is 1.79. The van der Waals surface area contributed by atoms with Crippen molar-refractivity contribution in [3.05, 3.63) is 30.3 Å². The number of H-pyrrole nitrogens is 1. The zero-order chi connectivity index (χ0) is 6.97. The van der Waals surface area contributed by atoms with Gasteiger partial charge in [0.25, 0.3) is 0 Å². The molecule has 0 bridgehead atoms. The Bertz CT molecular complexity index is 326. The van der Waals surface area contributed by atoms with Crippen LogP contribution in [-0.4, -0.2) is 4.98 Å². The van der Waals surface area contributed by atoms with Crippen molar-refractivity contribution in [2.75, 3.05) is 0 Å². The van der Waals surface area contributed by atoms with Gasteiger partial charge in [-0.2, -0.15) is 0 Å². The van der Waals surface area contributed by atoms with E-state index in [0.29, 0.717) is 0 Å². The molecule has 2 rings (SSSR count). The number of halogens is 2. The number of fused-ring (bicyclic) bond motifs is 1. The predicted molar refractivity (Wildman–Crippen MR) is 37.9 cm³/mol. The molecule has 0 fully saturated rings. The van der Waals surface area contributed by atoms with E-state index in [1.807, 2.05) is 6.07 Å². The number of aromatic amines is 1. The fraction of sp³-hybridized carbons (Fsp3) is 0. The van der Waals surface area contributed by atoms with E-state index in [-0.39, 0.29) is 24.8 Å². The molecule has 0 saturated carbocycles. The zero-order valence-corrected chi connectivity index (χ0v) is 10.1. The van der Waals surface area contributed by atoms with Crippen LogP contribution in [0.15, 0.2) is 30.3 Å². The van der Waals surface area contributed by atoms with Gasteiger partial charge in [0, 0.05) is 0 Å². The van der Waals surface area contributed by atoms with Gasteiger partial charge in [0.05, 0.1) is 0 Å². The summed E-state index contributed by atoms with van der Waals surface area (Å²) >= 11 is 1.45. The summed E-state index contributed by atoms with van der Waals surface area (Å²) in [6.45, 7) is 0. The zero-order valence-electron chi connectivity index (χ0n) is 6.14. The molecule has 0 saturated heterocycles. The van der Waals surface area contributed by atoms with Crippen molar-refractivity contribution in [1.82, 2.24) is 4.98 Å². The number of benzene rings is 1. The van der Waals surface area contributed by atoms with Crippen LogP contribution >= 0.6 is 0 Å². The van der Waals surface area contributed by atoms with E-state index in [9.17, 15) is 0 Å². The molecule has 0 spiro atoms. The van der Waals surface area contributed by atoms with Gasteiger partial charge in [-0.3, -0.25) is 0 Å². The summed E-state index contributed by atoms with van der Waals surface area (Å²) in [6.07, 6.45) is 0. The van der Waals surface area contributed by atoms with Gasteiger partial charge in [-0.25, -0.2) is 0 Å². The molecular weight excluding hydrogens is 272 g/mol. The first kappa shape index (κ1) is 12.2. The van der Waals surface area contributed by atoms with Gasteiger partial charge >= 0.3 is 74.3 Å². The van der Waals surface area contributed by atoms with E-state index in [1.165, 1.54) is 39.0 Å². The molecule has 12 heavy (non-hydrogen) atoms. The van der Waals surface area contributed by atoms with Crippen molar-refractivity contribution in [2.24, 2.45) is 0 Å². The van der Waals surface area contributed by atoms with Crippen molar-refractivity contribution in [1.29, 1.82) is 0 Å². The molecule has 1 aromatic heterocycles. The minimum absolute atomic E-state index is 0. The number of rotatable bonds is 0. The molecule has 1 N–H and O–H groups in total. The third-order valence-corrected chi connectivity index (χ3v) is 2.19. The van der Waals surface area contributed by atoms with Crippen LogP contribution in [0.5, 0.6) is 0 Å². The molecule has 2 aromatic rings. The second-order valence-electron chi connectivity index (χ2n) is 2.27. The van der Waals surface area contributed by atoms with Gasteiger partial charge in [-0.15, -0.1) is 0 Å². The molecule has 1 heterocycles. The maximum absolute atomic E-state index is 3.30. The van der Waals surface area contributed by atoms with E-state index in [2.05, 4.69) is 29.2 Å². The molecule has 0 unspecified atom stereocenters. The summed E-state index contributed by atoms with van der Waals surface area (Å²) in [7, 11) is 0. The Hall–Kier alpha value is 0.223. The van der Waals surface area contributed by atoms with Crippen molar-refractivity contribution >= 4 is 14.3 Å². The summed E-state index contributed by atoms with van der Waals surface area (Å²) in [5.74, 6) is 0. The van der Waals surface area contributed by atoms with Crippen LogP contribution in [0.2, 0.25) is 0 Å². The van der Waals surface area contributed by atoms with Crippen LogP contribution in [-0.2, 0) is 24.7 Å². The predicted octanol–water partition coefficient (Wildman–Crippen LogP) is -4.65. The van der Waals surface area contributed by atoms with Crippen molar-refractivity contribution < 1.29 is 49.5 Å². The van der Waals surface area contributed by atoms with Crippen LogP contribution < -0.4 is 28.2 Å². The summed E-state index contributed by atoms with van der Waals surface area (Å²) in [5.41, 5.74) is 1.24. The number of para-hydroxylation sites is 1. The van der Waals surface area contributed by atoms with E-state index in [0.717, 1.165) is 0 Å². The molecule has 0 aliphatic carbocycles. The third kappa shape index (κ3) is 2.35. The Morgan fingerprint density at radius 1 is 1.08 bits per heavy atom. The molecule has 0 aliphatic rings. The Morgan fingerprint density at radius 3 is 2.42 bits per heavy atom. The summed E-state index contributed by atoms with van der Waals surface area (Å²) in [6, 6.07) is 10.5. The van der Waals surface area contributed by atoms with E-state index < -0.39 is 0 Å². The standard InChI is InChI=1S/C8H6N.2ClH.Zr/c1-2-4-8-7(3-1)5-6-9-8;;;/h1-5,9H;2*1H;/q;;;+2/p-2. The van der Waals surface area contributed by atoms with Gasteiger partial charge in [0.15, 0.2) is 0 Å². The van der Waals surface area contributed by atoms with Gasteiger partial charge in [0.2, 0.25) is 0 Å². The molecular formula is C8H6Cl2NZr. The van der Waals surface area contributed by atoms with Crippen LogP contribution in [0.1, 0.15) is 0 Å². The van der Waals surface area contributed by atoms with Gasteiger partial charge in [0.1, 0.15) is 0 Å². The molecule has 1 aromatic carbocycles. The Labute approximate surface area is 98.6 Å². The topological polar surface area (TPSA) is 15.8 Å². The van der Waals surface area contributed by atoms with Crippen LogP contribution in [0, 0.1) is 0 Å². The summed E-state index contributed by atoms with van der Waals surface area (Å²) < 4.78 is 1.31. The Kier molecular flexibility index (Phi) is 5.16. The SMILES string of the molecule is [Cl-].[Cl-].[Zr+2][c]1cc2ccccc2[nH]1. The second-order valence-corrected chi connectivity index (χ2v) is 3.59. The number of aromatic nitrogens is 1. The summed E-state index contributed by atoms with van der Waals surface area (Å²) in [5, 5.41) is 1.31. The second kappa shape index (κ2) is 5.06. The first-order valence-corrected chi connectivity index (χ1v) is 4.38. The van der Waals surface area contributed by atoms with Crippen molar-refractivity contribution in [3.63, 3.8) is 0 Å².